The largest absolute Gasteiger partial charge is 0.350 e. The third kappa shape index (κ3) is 8.45. The van der Waals surface area contributed by atoms with Crippen LogP contribution in [0.1, 0.15) is 37.8 Å². The molecule has 38 heavy (non-hydrogen) atoms. The molecule has 3 aromatic rings. The molecule has 0 aliphatic carbocycles. The molecule has 4 amide bonds. The van der Waals surface area contributed by atoms with Crippen LogP contribution >= 0.6 is 0 Å². The van der Waals surface area contributed by atoms with E-state index in [4.69, 9.17) is 5.73 Å². The van der Waals surface area contributed by atoms with E-state index in [9.17, 15) is 14.4 Å². The number of para-hydroxylation sites is 1. The van der Waals surface area contributed by atoms with Crippen molar-refractivity contribution in [3.8, 4) is 11.1 Å². The van der Waals surface area contributed by atoms with Gasteiger partial charge in [0.05, 0.1) is 11.2 Å². The number of nitrogens with two attached hydrogens (primary N) is 1. The molecule has 0 radical (unpaired) electrons. The van der Waals surface area contributed by atoms with Gasteiger partial charge in [-0.2, -0.15) is 0 Å². The highest BCUT2D eigenvalue weighted by molar-refractivity contribution is 5.94. The van der Waals surface area contributed by atoms with Gasteiger partial charge < -0.3 is 27.0 Å². The summed E-state index contributed by atoms with van der Waals surface area (Å²) < 4.78 is 0. The van der Waals surface area contributed by atoms with E-state index < -0.39 is 11.6 Å². The predicted octanol–water partition coefficient (Wildman–Crippen LogP) is 3.97. The Morgan fingerprint density at radius 2 is 1.53 bits per heavy atom. The summed E-state index contributed by atoms with van der Waals surface area (Å²) in [6.45, 7) is 3.55. The van der Waals surface area contributed by atoms with Crippen LogP contribution in [-0.2, 0) is 22.6 Å². The summed E-state index contributed by atoms with van der Waals surface area (Å²) in [7, 11) is 1.57. The number of urea groups is 1. The first-order valence-electron chi connectivity index (χ1n) is 12.8. The molecular weight excluding hydrogens is 478 g/mol. The SMILES string of the molecule is CNC(=O)Nc1ccccc1-c1ccc(CNC(=O)[C@@H](CCCc2ccccc2)NC(=O)C(C)(C)N)cc1. The molecule has 8 nitrogen and oxygen atoms in total. The highest BCUT2D eigenvalue weighted by atomic mass is 16.2. The third-order valence-corrected chi connectivity index (χ3v) is 6.14. The molecule has 0 unspecified atom stereocenters. The van der Waals surface area contributed by atoms with Crippen LogP contribution in [-0.4, -0.2) is 36.5 Å². The van der Waals surface area contributed by atoms with E-state index >= 15 is 0 Å². The van der Waals surface area contributed by atoms with Crippen molar-refractivity contribution in [2.75, 3.05) is 12.4 Å². The Labute approximate surface area is 224 Å². The average molecular weight is 516 g/mol. The summed E-state index contributed by atoms with van der Waals surface area (Å²) in [6.07, 6.45) is 2.05. The summed E-state index contributed by atoms with van der Waals surface area (Å²) >= 11 is 0. The first-order valence-corrected chi connectivity index (χ1v) is 12.8. The number of rotatable bonds is 11. The lowest BCUT2D eigenvalue weighted by Crippen LogP contribution is -2.55. The van der Waals surface area contributed by atoms with Gasteiger partial charge in [0.15, 0.2) is 0 Å². The monoisotopic (exact) mass is 515 g/mol. The van der Waals surface area contributed by atoms with Crippen molar-refractivity contribution in [3.63, 3.8) is 0 Å². The van der Waals surface area contributed by atoms with Gasteiger partial charge in [0, 0.05) is 19.2 Å². The summed E-state index contributed by atoms with van der Waals surface area (Å²) in [4.78, 5) is 37.4. The van der Waals surface area contributed by atoms with Crippen molar-refractivity contribution < 1.29 is 14.4 Å². The van der Waals surface area contributed by atoms with Crippen LogP contribution in [0, 0.1) is 0 Å². The molecule has 0 bridgehead atoms. The second kappa shape index (κ2) is 13.4. The molecule has 0 saturated carbocycles. The van der Waals surface area contributed by atoms with E-state index in [0.717, 1.165) is 29.5 Å². The minimum absolute atomic E-state index is 0.250. The van der Waals surface area contributed by atoms with Crippen molar-refractivity contribution in [1.82, 2.24) is 16.0 Å². The van der Waals surface area contributed by atoms with E-state index in [2.05, 4.69) is 21.3 Å². The quantitative estimate of drug-likeness (QED) is 0.265. The standard InChI is InChI=1S/C30H37N5O3/c1-30(2,31)28(37)34-26(15-9-12-21-10-5-4-6-11-21)27(36)33-20-22-16-18-23(19-17-22)24-13-7-8-14-25(24)35-29(38)32-3/h4-8,10-11,13-14,16-19,26H,9,12,15,20,31H2,1-3H3,(H,33,36)(H,34,37)(H2,32,35,38)/t26-/m1/s1. The number of amides is 4. The van der Waals surface area contributed by atoms with Gasteiger partial charge in [-0.05, 0) is 55.9 Å². The Morgan fingerprint density at radius 1 is 0.868 bits per heavy atom. The number of carbonyl (C=O) groups is 3. The zero-order valence-corrected chi connectivity index (χ0v) is 22.2. The molecule has 1 atom stereocenters. The molecule has 200 valence electrons. The maximum absolute atomic E-state index is 13.1. The molecule has 6 N–H and O–H groups in total. The fourth-order valence-corrected chi connectivity index (χ4v) is 3.91. The minimum Gasteiger partial charge on any atom is -0.350 e. The predicted molar refractivity (Wildman–Crippen MR) is 151 cm³/mol. The Balaban J connectivity index is 1.63. The van der Waals surface area contributed by atoms with E-state index in [-0.39, 0.29) is 17.8 Å². The lowest BCUT2D eigenvalue weighted by atomic mass is 10.0. The molecule has 0 aromatic heterocycles. The first kappa shape index (κ1) is 28.4. The van der Waals surface area contributed by atoms with Crippen molar-refractivity contribution in [1.29, 1.82) is 0 Å². The first-order chi connectivity index (χ1) is 18.2. The molecule has 0 aliphatic heterocycles. The summed E-state index contributed by atoms with van der Waals surface area (Å²) in [6, 6.07) is 24.4. The molecule has 0 fully saturated rings. The summed E-state index contributed by atoms with van der Waals surface area (Å²) in [5.41, 5.74) is 9.48. The van der Waals surface area contributed by atoms with E-state index in [1.54, 1.807) is 20.9 Å². The topological polar surface area (TPSA) is 125 Å². The number of aryl methyl sites for hydroxylation is 1. The molecule has 3 aromatic carbocycles. The zero-order chi connectivity index (χ0) is 27.5. The van der Waals surface area contributed by atoms with Gasteiger partial charge in [-0.1, -0.05) is 72.8 Å². The van der Waals surface area contributed by atoms with Gasteiger partial charge in [0.1, 0.15) is 6.04 Å². The number of benzene rings is 3. The van der Waals surface area contributed by atoms with Crippen molar-refractivity contribution >= 4 is 23.5 Å². The van der Waals surface area contributed by atoms with Crippen LogP contribution in [0.5, 0.6) is 0 Å². The Morgan fingerprint density at radius 3 is 2.18 bits per heavy atom. The number of anilines is 1. The van der Waals surface area contributed by atoms with E-state index in [1.165, 1.54) is 5.56 Å². The van der Waals surface area contributed by atoms with Crippen LogP contribution in [0.4, 0.5) is 10.5 Å². The number of hydrogen-bond donors (Lipinski definition) is 5. The van der Waals surface area contributed by atoms with Gasteiger partial charge in [-0.25, -0.2) is 4.79 Å². The minimum atomic E-state index is -1.09. The molecule has 0 heterocycles. The van der Waals surface area contributed by atoms with Crippen LogP contribution in [0.25, 0.3) is 11.1 Å². The smallest absolute Gasteiger partial charge is 0.318 e. The van der Waals surface area contributed by atoms with Crippen LogP contribution in [0.2, 0.25) is 0 Å². The van der Waals surface area contributed by atoms with Gasteiger partial charge in [-0.15, -0.1) is 0 Å². The van der Waals surface area contributed by atoms with E-state index in [0.29, 0.717) is 18.7 Å². The lowest BCUT2D eigenvalue weighted by molar-refractivity contribution is -0.131. The molecule has 0 saturated heterocycles. The highest BCUT2D eigenvalue weighted by Crippen LogP contribution is 2.28. The number of hydrogen-bond acceptors (Lipinski definition) is 4. The fourth-order valence-electron chi connectivity index (χ4n) is 3.91. The van der Waals surface area contributed by atoms with Crippen molar-refractivity contribution in [2.24, 2.45) is 5.73 Å². The van der Waals surface area contributed by atoms with Gasteiger partial charge in [0.2, 0.25) is 11.8 Å². The lowest BCUT2D eigenvalue weighted by Gasteiger charge is -2.24. The average Bonchev–Trinajstić information content (AvgIpc) is 2.91. The van der Waals surface area contributed by atoms with Crippen molar-refractivity contribution in [2.45, 2.75) is 51.2 Å². The number of nitrogens with one attached hydrogen (secondary N) is 4. The summed E-state index contributed by atoms with van der Waals surface area (Å²) in [5.74, 6) is -0.620. The van der Waals surface area contributed by atoms with Gasteiger partial charge in [-0.3, -0.25) is 9.59 Å². The van der Waals surface area contributed by atoms with Crippen molar-refractivity contribution in [3.05, 3.63) is 90.0 Å². The van der Waals surface area contributed by atoms with E-state index in [1.807, 2.05) is 78.9 Å². The maximum Gasteiger partial charge on any atom is 0.318 e. The fraction of sp³-hybridized carbons (Fsp3) is 0.300. The maximum atomic E-state index is 13.1. The normalized spacial score (nSPS) is 11.8. The van der Waals surface area contributed by atoms with Gasteiger partial charge >= 0.3 is 6.03 Å². The molecule has 8 heteroatoms. The van der Waals surface area contributed by atoms with Crippen LogP contribution < -0.4 is 27.0 Å². The molecule has 3 rings (SSSR count). The van der Waals surface area contributed by atoms with Crippen LogP contribution in [0.15, 0.2) is 78.9 Å². The second-order valence-electron chi connectivity index (χ2n) is 9.79. The Kier molecular flexibility index (Phi) is 10.0. The zero-order valence-electron chi connectivity index (χ0n) is 22.2. The molecule has 0 spiro atoms. The Hall–Kier alpha value is -4.17. The van der Waals surface area contributed by atoms with Crippen LogP contribution in [0.3, 0.4) is 0 Å². The Bertz CT molecular complexity index is 1220. The second-order valence-corrected chi connectivity index (χ2v) is 9.79. The third-order valence-electron chi connectivity index (χ3n) is 6.14. The summed E-state index contributed by atoms with van der Waals surface area (Å²) in [5, 5.41) is 11.2. The molecular formula is C30H37N5O3. The molecule has 0 aliphatic rings. The van der Waals surface area contributed by atoms with Gasteiger partial charge in [0.25, 0.3) is 0 Å². The highest BCUT2D eigenvalue weighted by Gasteiger charge is 2.27. The number of carbonyl (C=O) groups excluding carboxylic acids is 3.